The maximum Gasteiger partial charge on any atom is 0.194 e. The van der Waals surface area contributed by atoms with Crippen LogP contribution in [0.15, 0.2) is 47.5 Å². The molecule has 1 aliphatic rings. The van der Waals surface area contributed by atoms with Crippen molar-refractivity contribution in [3.63, 3.8) is 0 Å². The van der Waals surface area contributed by atoms with Gasteiger partial charge in [-0.25, -0.2) is 0 Å². The molecule has 0 unspecified atom stereocenters. The van der Waals surface area contributed by atoms with E-state index in [0.717, 1.165) is 57.2 Å². The monoisotopic (exact) mass is 365 g/mol. The summed E-state index contributed by atoms with van der Waals surface area (Å²) in [6.07, 6.45) is 4.39. The zero-order valence-corrected chi connectivity index (χ0v) is 16.8. The third kappa shape index (κ3) is 5.22. The number of hydrogen-bond donors (Lipinski definition) is 1. The van der Waals surface area contributed by atoms with Gasteiger partial charge >= 0.3 is 0 Å². The van der Waals surface area contributed by atoms with Crippen molar-refractivity contribution >= 4 is 11.5 Å². The Labute approximate surface area is 162 Å². The van der Waals surface area contributed by atoms with E-state index in [1.165, 1.54) is 16.8 Å². The van der Waals surface area contributed by atoms with E-state index in [-0.39, 0.29) is 0 Å². The maximum atomic E-state index is 4.85. The summed E-state index contributed by atoms with van der Waals surface area (Å²) in [5, 5.41) is 7.97. The molecular weight excluding hydrogens is 334 g/mol. The summed E-state index contributed by atoms with van der Waals surface area (Å²) in [4.78, 5) is 7.19. The fraction of sp³-hybridized carbons (Fsp3) is 0.455. The fourth-order valence-electron chi connectivity index (χ4n) is 3.51. The van der Waals surface area contributed by atoms with Gasteiger partial charge in [0.2, 0.25) is 0 Å². The highest BCUT2D eigenvalue weighted by Crippen LogP contribution is 2.21. The summed E-state index contributed by atoms with van der Waals surface area (Å²) >= 11 is 0. The van der Waals surface area contributed by atoms with Crippen LogP contribution in [0.3, 0.4) is 0 Å². The highest BCUT2D eigenvalue weighted by atomic mass is 15.3. The first-order valence-corrected chi connectivity index (χ1v) is 9.96. The highest BCUT2D eigenvalue weighted by molar-refractivity contribution is 5.81. The zero-order chi connectivity index (χ0) is 19.1. The van der Waals surface area contributed by atoms with Crippen LogP contribution in [0.1, 0.15) is 36.7 Å². The van der Waals surface area contributed by atoms with E-state index in [9.17, 15) is 0 Å². The van der Waals surface area contributed by atoms with Crippen molar-refractivity contribution in [2.24, 2.45) is 4.99 Å². The van der Waals surface area contributed by atoms with Crippen LogP contribution in [0.2, 0.25) is 0 Å². The molecule has 1 N–H and O–H groups in total. The van der Waals surface area contributed by atoms with Gasteiger partial charge in [-0.15, -0.1) is 0 Å². The summed E-state index contributed by atoms with van der Waals surface area (Å²) in [6, 6.07) is 12.8. The van der Waals surface area contributed by atoms with Gasteiger partial charge in [-0.05, 0) is 50.8 Å². The van der Waals surface area contributed by atoms with Gasteiger partial charge in [0.1, 0.15) is 0 Å². The van der Waals surface area contributed by atoms with Gasteiger partial charge in [0.05, 0.1) is 5.69 Å². The fourth-order valence-corrected chi connectivity index (χ4v) is 3.51. The SMILES string of the molecule is CCNC(=NCCCn1nc(C)cc1C)N1CC=C(c2ccccc2)CC1. The van der Waals surface area contributed by atoms with Gasteiger partial charge in [-0.1, -0.05) is 36.4 Å². The van der Waals surface area contributed by atoms with E-state index in [2.05, 4.69) is 76.3 Å². The van der Waals surface area contributed by atoms with E-state index in [0.29, 0.717) is 0 Å². The van der Waals surface area contributed by atoms with Crippen molar-refractivity contribution in [2.75, 3.05) is 26.2 Å². The van der Waals surface area contributed by atoms with Crippen molar-refractivity contribution < 1.29 is 0 Å². The topological polar surface area (TPSA) is 45.5 Å². The Morgan fingerprint density at radius 2 is 2.04 bits per heavy atom. The van der Waals surface area contributed by atoms with E-state index in [4.69, 9.17) is 4.99 Å². The first kappa shape index (κ1) is 19.2. The number of aliphatic imine (C=N–C) groups is 1. The minimum Gasteiger partial charge on any atom is -0.357 e. The second-order valence-corrected chi connectivity index (χ2v) is 7.03. The summed E-state index contributed by atoms with van der Waals surface area (Å²) < 4.78 is 2.08. The lowest BCUT2D eigenvalue weighted by Gasteiger charge is -2.30. The summed E-state index contributed by atoms with van der Waals surface area (Å²) in [5.41, 5.74) is 5.08. The number of nitrogens with zero attached hydrogens (tertiary/aromatic N) is 4. The van der Waals surface area contributed by atoms with E-state index in [1.54, 1.807) is 0 Å². The Bertz CT molecular complexity index is 788. The molecule has 3 rings (SSSR count). The second kappa shape index (κ2) is 9.40. The lowest BCUT2D eigenvalue weighted by molar-refractivity contribution is 0.439. The van der Waals surface area contributed by atoms with Gasteiger partial charge in [0.25, 0.3) is 0 Å². The number of rotatable bonds is 6. The van der Waals surface area contributed by atoms with Gasteiger partial charge < -0.3 is 10.2 Å². The van der Waals surface area contributed by atoms with Gasteiger partial charge in [0.15, 0.2) is 5.96 Å². The molecule has 0 fully saturated rings. The Balaban J connectivity index is 1.56. The van der Waals surface area contributed by atoms with Crippen molar-refractivity contribution in [3.8, 4) is 0 Å². The number of hydrogen-bond acceptors (Lipinski definition) is 2. The van der Waals surface area contributed by atoms with E-state index >= 15 is 0 Å². The number of guanidine groups is 1. The molecule has 2 heterocycles. The predicted octanol–water partition coefficient (Wildman–Crippen LogP) is 3.64. The van der Waals surface area contributed by atoms with Crippen LogP contribution in [-0.4, -0.2) is 46.8 Å². The molecule has 5 heteroatoms. The number of aryl methyl sites for hydroxylation is 3. The third-order valence-corrected chi connectivity index (χ3v) is 4.88. The van der Waals surface area contributed by atoms with Crippen molar-refractivity contribution in [1.29, 1.82) is 0 Å². The minimum atomic E-state index is 0.812. The molecular formula is C22H31N5. The van der Waals surface area contributed by atoms with Crippen LogP contribution in [0.5, 0.6) is 0 Å². The molecule has 27 heavy (non-hydrogen) atoms. The van der Waals surface area contributed by atoms with Crippen molar-refractivity contribution in [3.05, 3.63) is 59.4 Å². The molecule has 5 nitrogen and oxygen atoms in total. The summed E-state index contributed by atoms with van der Waals surface area (Å²) in [7, 11) is 0. The standard InChI is InChI=1S/C22H31N5/c1-4-23-22(24-13-8-14-27-19(3)17-18(2)25-27)26-15-11-21(12-16-26)20-9-6-5-7-10-20/h5-7,9-11,17H,4,8,12-16H2,1-3H3,(H,23,24). The first-order chi connectivity index (χ1) is 13.2. The van der Waals surface area contributed by atoms with Crippen LogP contribution in [0, 0.1) is 13.8 Å². The van der Waals surface area contributed by atoms with Crippen molar-refractivity contribution in [1.82, 2.24) is 20.0 Å². The number of aromatic nitrogens is 2. The predicted molar refractivity (Wildman–Crippen MR) is 113 cm³/mol. The molecule has 1 aromatic heterocycles. The second-order valence-electron chi connectivity index (χ2n) is 7.03. The van der Waals surface area contributed by atoms with Crippen LogP contribution >= 0.6 is 0 Å². The van der Waals surface area contributed by atoms with Crippen LogP contribution < -0.4 is 5.32 Å². The largest absolute Gasteiger partial charge is 0.357 e. The third-order valence-electron chi connectivity index (χ3n) is 4.88. The molecule has 0 aliphatic carbocycles. The average Bonchev–Trinajstić information content (AvgIpc) is 3.02. The molecule has 0 bridgehead atoms. The minimum absolute atomic E-state index is 0.812. The lowest BCUT2D eigenvalue weighted by atomic mass is 10.00. The highest BCUT2D eigenvalue weighted by Gasteiger charge is 2.15. The molecule has 0 spiro atoms. The zero-order valence-electron chi connectivity index (χ0n) is 16.8. The normalized spacial score (nSPS) is 15.0. The molecule has 0 atom stereocenters. The molecule has 1 aromatic carbocycles. The quantitative estimate of drug-likeness (QED) is 0.483. The van der Waals surface area contributed by atoms with E-state index in [1.807, 2.05) is 6.92 Å². The van der Waals surface area contributed by atoms with Crippen molar-refractivity contribution in [2.45, 2.75) is 40.2 Å². The Kier molecular flexibility index (Phi) is 6.69. The average molecular weight is 366 g/mol. The molecule has 1 aliphatic heterocycles. The lowest BCUT2D eigenvalue weighted by Crippen LogP contribution is -2.43. The molecule has 0 saturated heterocycles. The molecule has 2 aromatic rings. The van der Waals surface area contributed by atoms with E-state index < -0.39 is 0 Å². The van der Waals surface area contributed by atoms with Gasteiger partial charge in [-0.2, -0.15) is 5.10 Å². The molecule has 144 valence electrons. The Hall–Kier alpha value is -2.56. The molecule has 0 radical (unpaired) electrons. The maximum absolute atomic E-state index is 4.85. The summed E-state index contributed by atoms with van der Waals surface area (Å²) in [6.45, 7) is 10.8. The molecule has 0 amide bonds. The summed E-state index contributed by atoms with van der Waals surface area (Å²) in [5.74, 6) is 1.02. The molecule has 0 saturated carbocycles. The van der Waals surface area contributed by atoms with Crippen LogP contribution in [0.4, 0.5) is 0 Å². The number of benzene rings is 1. The van der Waals surface area contributed by atoms with Crippen LogP contribution in [0.25, 0.3) is 5.57 Å². The van der Waals surface area contributed by atoms with Crippen LogP contribution in [-0.2, 0) is 6.54 Å². The number of nitrogens with one attached hydrogen (secondary N) is 1. The van der Waals surface area contributed by atoms with Gasteiger partial charge in [-0.3, -0.25) is 9.67 Å². The van der Waals surface area contributed by atoms with Gasteiger partial charge in [0, 0.05) is 38.4 Å². The Morgan fingerprint density at radius 1 is 1.22 bits per heavy atom. The smallest absolute Gasteiger partial charge is 0.194 e. The first-order valence-electron chi connectivity index (χ1n) is 9.96. The Morgan fingerprint density at radius 3 is 2.67 bits per heavy atom.